The normalized spacial score (nSPS) is 16.2. The van der Waals surface area contributed by atoms with Gasteiger partial charge >= 0.3 is 6.03 Å². The molecule has 3 nitrogen and oxygen atoms in total. The Bertz CT molecular complexity index is 922. The van der Waals surface area contributed by atoms with E-state index in [1.54, 1.807) is 35.6 Å². The molecule has 4 rings (SSSR count). The maximum atomic E-state index is 13.0. The molecule has 0 fully saturated rings. The summed E-state index contributed by atoms with van der Waals surface area (Å²) in [6, 6.07) is 16.7. The first-order chi connectivity index (χ1) is 12.6. The number of nitrogens with zero attached hydrogens (tertiary/aromatic N) is 1. The SMILES string of the molecule is O=C(Nc1ccc(Cl)cc1)N1CCc2sccc2C1c1ccc(Cl)cc1. The van der Waals surface area contributed by atoms with Crippen LogP contribution in [0.5, 0.6) is 0 Å². The zero-order chi connectivity index (χ0) is 18.1. The Balaban J connectivity index is 1.66. The highest BCUT2D eigenvalue weighted by Crippen LogP contribution is 2.38. The van der Waals surface area contributed by atoms with Gasteiger partial charge < -0.3 is 10.2 Å². The lowest BCUT2D eigenvalue weighted by molar-refractivity contribution is 0.194. The average Bonchev–Trinajstić information content (AvgIpc) is 3.12. The number of carbonyl (C=O) groups excluding carboxylic acids is 1. The van der Waals surface area contributed by atoms with E-state index in [1.807, 2.05) is 29.2 Å². The van der Waals surface area contributed by atoms with Gasteiger partial charge in [0.2, 0.25) is 0 Å². The highest BCUT2D eigenvalue weighted by molar-refractivity contribution is 7.10. The van der Waals surface area contributed by atoms with Crippen LogP contribution in [0, 0.1) is 0 Å². The fraction of sp³-hybridized carbons (Fsp3) is 0.150. The number of urea groups is 1. The molecule has 0 radical (unpaired) electrons. The van der Waals surface area contributed by atoms with Crippen LogP contribution in [-0.4, -0.2) is 17.5 Å². The molecule has 6 heteroatoms. The van der Waals surface area contributed by atoms with Crippen molar-refractivity contribution in [3.05, 3.63) is 86.0 Å². The van der Waals surface area contributed by atoms with Gasteiger partial charge in [0, 0.05) is 27.2 Å². The smallest absolute Gasteiger partial charge is 0.313 e. The van der Waals surface area contributed by atoms with E-state index in [4.69, 9.17) is 23.2 Å². The fourth-order valence-electron chi connectivity index (χ4n) is 3.27. The third kappa shape index (κ3) is 3.45. The molecule has 1 aliphatic rings. The number of benzene rings is 2. The van der Waals surface area contributed by atoms with Crippen molar-refractivity contribution in [1.82, 2.24) is 4.90 Å². The maximum Gasteiger partial charge on any atom is 0.322 e. The quantitative estimate of drug-likeness (QED) is 0.540. The third-order valence-corrected chi connectivity index (χ3v) is 6.01. The van der Waals surface area contributed by atoms with Crippen LogP contribution in [0.3, 0.4) is 0 Å². The van der Waals surface area contributed by atoms with Crippen LogP contribution in [0.25, 0.3) is 0 Å². The molecule has 1 unspecified atom stereocenters. The molecule has 0 saturated heterocycles. The second-order valence-corrected chi connectivity index (χ2v) is 8.01. The number of anilines is 1. The fourth-order valence-corrected chi connectivity index (χ4v) is 4.42. The molecule has 1 N–H and O–H groups in total. The van der Waals surface area contributed by atoms with Gasteiger partial charge in [0.25, 0.3) is 0 Å². The summed E-state index contributed by atoms with van der Waals surface area (Å²) in [5.74, 6) is 0. The number of fused-ring (bicyclic) bond motifs is 1. The van der Waals surface area contributed by atoms with Crippen molar-refractivity contribution < 1.29 is 4.79 Å². The van der Waals surface area contributed by atoms with E-state index in [0.29, 0.717) is 16.6 Å². The van der Waals surface area contributed by atoms with Crippen LogP contribution in [0.2, 0.25) is 10.0 Å². The van der Waals surface area contributed by atoms with E-state index in [1.165, 1.54) is 10.4 Å². The summed E-state index contributed by atoms with van der Waals surface area (Å²) in [5.41, 5.74) is 2.97. The van der Waals surface area contributed by atoms with E-state index in [-0.39, 0.29) is 12.1 Å². The first kappa shape index (κ1) is 17.4. The molecule has 2 amide bonds. The Morgan fingerprint density at radius 2 is 1.65 bits per heavy atom. The maximum absolute atomic E-state index is 13.0. The van der Waals surface area contributed by atoms with Crippen LogP contribution >= 0.6 is 34.5 Å². The van der Waals surface area contributed by atoms with Gasteiger partial charge in [-0.15, -0.1) is 11.3 Å². The monoisotopic (exact) mass is 402 g/mol. The van der Waals surface area contributed by atoms with E-state index < -0.39 is 0 Å². The zero-order valence-electron chi connectivity index (χ0n) is 13.8. The molecule has 3 aromatic rings. The summed E-state index contributed by atoms with van der Waals surface area (Å²) in [5, 5.41) is 6.40. The Morgan fingerprint density at radius 3 is 2.35 bits per heavy atom. The summed E-state index contributed by atoms with van der Waals surface area (Å²) in [6.45, 7) is 0.667. The lowest BCUT2D eigenvalue weighted by Gasteiger charge is -2.36. The molecule has 132 valence electrons. The van der Waals surface area contributed by atoms with Crippen LogP contribution < -0.4 is 5.32 Å². The van der Waals surface area contributed by atoms with E-state index >= 15 is 0 Å². The van der Waals surface area contributed by atoms with Gasteiger partial charge in [0.05, 0.1) is 6.04 Å². The van der Waals surface area contributed by atoms with Gasteiger partial charge in [-0.1, -0.05) is 35.3 Å². The Morgan fingerprint density at radius 1 is 1.00 bits per heavy atom. The molecular formula is C20H16Cl2N2OS. The predicted molar refractivity (Wildman–Crippen MR) is 108 cm³/mol. The summed E-state index contributed by atoms with van der Waals surface area (Å²) in [4.78, 5) is 16.2. The highest BCUT2D eigenvalue weighted by Gasteiger charge is 2.32. The Hall–Kier alpha value is -2.01. The average molecular weight is 403 g/mol. The number of thiophene rings is 1. The minimum Gasteiger partial charge on any atom is -0.313 e. The first-order valence-corrected chi connectivity index (χ1v) is 9.90. The highest BCUT2D eigenvalue weighted by atomic mass is 35.5. The standard InChI is InChI=1S/C20H16Cl2N2OS/c21-14-3-1-13(2-4-14)19-17-10-12-26-18(17)9-11-24(19)20(25)23-16-7-5-15(22)6-8-16/h1-8,10,12,19H,9,11H2,(H,23,25). The Kier molecular flexibility index (Phi) is 4.90. The molecule has 0 spiro atoms. The van der Waals surface area contributed by atoms with Crippen molar-refractivity contribution >= 4 is 46.3 Å². The number of rotatable bonds is 2. The molecule has 2 heterocycles. The number of halogens is 2. The summed E-state index contributed by atoms with van der Waals surface area (Å²) in [6.07, 6.45) is 0.866. The van der Waals surface area contributed by atoms with Crippen LogP contribution in [0.1, 0.15) is 22.0 Å². The van der Waals surface area contributed by atoms with Gasteiger partial charge in [0.1, 0.15) is 0 Å². The molecule has 1 aromatic heterocycles. The van der Waals surface area contributed by atoms with Gasteiger partial charge in [-0.05, 0) is 65.4 Å². The summed E-state index contributed by atoms with van der Waals surface area (Å²) >= 11 is 13.7. The molecule has 0 aliphatic carbocycles. The Labute approximate surface area is 166 Å². The topological polar surface area (TPSA) is 32.3 Å². The van der Waals surface area contributed by atoms with Crippen molar-refractivity contribution in [2.75, 3.05) is 11.9 Å². The lowest BCUT2D eigenvalue weighted by Crippen LogP contribution is -2.42. The molecule has 0 saturated carbocycles. The minimum absolute atomic E-state index is 0.116. The van der Waals surface area contributed by atoms with Crippen LogP contribution in [0.15, 0.2) is 60.0 Å². The van der Waals surface area contributed by atoms with Gasteiger partial charge in [-0.3, -0.25) is 0 Å². The summed E-state index contributed by atoms with van der Waals surface area (Å²) < 4.78 is 0. The summed E-state index contributed by atoms with van der Waals surface area (Å²) in [7, 11) is 0. The number of hydrogen-bond acceptors (Lipinski definition) is 2. The van der Waals surface area contributed by atoms with Crippen LogP contribution in [-0.2, 0) is 6.42 Å². The van der Waals surface area contributed by atoms with Crippen molar-refractivity contribution in [3.8, 4) is 0 Å². The second kappa shape index (κ2) is 7.31. The van der Waals surface area contributed by atoms with Crippen molar-refractivity contribution in [2.45, 2.75) is 12.5 Å². The predicted octanol–water partition coefficient (Wildman–Crippen LogP) is 6.23. The van der Waals surface area contributed by atoms with E-state index in [9.17, 15) is 4.79 Å². The van der Waals surface area contributed by atoms with Crippen molar-refractivity contribution in [1.29, 1.82) is 0 Å². The minimum atomic E-state index is -0.121. The van der Waals surface area contributed by atoms with Gasteiger partial charge in [-0.25, -0.2) is 4.79 Å². The van der Waals surface area contributed by atoms with E-state index in [0.717, 1.165) is 17.7 Å². The van der Waals surface area contributed by atoms with Crippen molar-refractivity contribution in [2.24, 2.45) is 0 Å². The zero-order valence-corrected chi connectivity index (χ0v) is 16.1. The molecular weight excluding hydrogens is 387 g/mol. The largest absolute Gasteiger partial charge is 0.322 e. The molecule has 1 aliphatic heterocycles. The number of amides is 2. The lowest BCUT2D eigenvalue weighted by atomic mass is 9.93. The number of nitrogens with one attached hydrogen (secondary N) is 1. The second-order valence-electron chi connectivity index (χ2n) is 6.13. The van der Waals surface area contributed by atoms with Crippen molar-refractivity contribution in [3.63, 3.8) is 0 Å². The van der Waals surface area contributed by atoms with E-state index in [2.05, 4.69) is 16.8 Å². The molecule has 0 bridgehead atoms. The third-order valence-electron chi connectivity index (χ3n) is 4.51. The number of carbonyl (C=O) groups is 1. The van der Waals surface area contributed by atoms with Gasteiger partial charge in [-0.2, -0.15) is 0 Å². The van der Waals surface area contributed by atoms with Crippen LogP contribution in [0.4, 0.5) is 10.5 Å². The molecule has 1 atom stereocenters. The molecule has 2 aromatic carbocycles. The first-order valence-electron chi connectivity index (χ1n) is 8.27. The van der Waals surface area contributed by atoms with Gasteiger partial charge in [0.15, 0.2) is 0 Å². The number of hydrogen-bond donors (Lipinski definition) is 1. The molecule has 26 heavy (non-hydrogen) atoms.